The minimum absolute atomic E-state index is 0.104. The van der Waals surface area contributed by atoms with Crippen LogP contribution in [-0.2, 0) is 6.61 Å². The molecule has 1 N–H and O–H groups in total. The molecule has 0 bridgehead atoms. The number of nitrogens with zero attached hydrogens (tertiary/aromatic N) is 3. The average Bonchev–Trinajstić information content (AvgIpc) is 3.54. The summed E-state index contributed by atoms with van der Waals surface area (Å²) in [6, 6.07) is 17.2. The number of carbonyl (C=O) groups is 1. The number of aromatic carboxylic acids is 1. The molecule has 0 amide bonds. The largest absolute Gasteiger partial charge is 0.489 e. The Morgan fingerprint density at radius 1 is 0.951 bits per heavy atom. The van der Waals surface area contributed by atoms with E-state index in [2.05, 4.69) is 9.27 Å². The number of halogens is 3. The fourth-order valence-electron chi connectivity index (χ4n) is 5.30. The lowest BCUT2D eigenvalue weighted by molar-refractivity contribution is 0.0694. The monoisotopic (exact) mass is 641 g/mol. The molecule has 3 heterocycles. The number of carboxylic acids is 1. The van der Waals surface area contributed by atoms with E-state index >= 15 is 0 Å². The zero-order valence-corrected chi connectivity index (χ0v) is 25.3. The Kier molecular flexibility index (Phi) is 7.07. The summed E-state index contributed by atoms with van der Waals surface area (Å²) in [6.45, 7) is 1.93. The van der Waals surface area contributed by atoms with Gasteiger partial charge in [-0.25, -0.2) is 4.79 Å². The first-order valence-corrected chi connectivity index (χ1v) is 15.8. The van der Waals surface area contributed by atoms with Gasteiger partial charge in [0.25, 0.3) is 0 Å². The van der Waals surface area contributed by atoms with Crippen molar-refractivity contribution in [3.63, 3.8) is 0 Å². The molecule has 0 unspecified atom stereocenters. The van der Waals surface area contributed by atoms with Crippen LogP contribution in [0.4, 0.5) is 5.69 Å². The quantitative estimate of drug-likeness (QED) is 0.182. The van der Waals surface area contributed by atoms with E-state index in [4.69, 9.17) is 43.9 Å². The van der Waals surface area contributed by atoms with Crippen molar-refractivity contribution in [2.24, 2.45) is 0 Å². The fraction of sp³-hybridized carbons (Fsp3) is 0.233. The zero-order valence-electron chi connectivity index (χ0n) is 21.4. The molecule has 2 aliphatic rings. The lowest BCUT2D eigenvalue weighted by Gasteiger charge is -2.41. The van der Waals surface area contributed by atoms with Gasteiger partial charge in [-0.05, 0) is 89.9 Å². The molecule has 11 heteroatoms. The van der Waals surface area contributed by atoms with Crippen LogP contribution < -0.4 is 9.64 Å². The van der Waals surface area contributed by atoms with Crippen molar-refractivity contribution < 1.29 is 14.6 Å². The maximum atomic E-state index is 11.5. The van der Waals surface area contributed by atoms with Crippen LogP contribution in [0.5, 0.6) is 5.75 Å². The number of rotatable bonds is 8. The molecule has 0 atom stereocenters. The highest BCUT2D eigenvalue weighted by Crippen LogP contribution is 2.48. The second kappa shape index (κ2) is 10.7. The predicted octanol–water partition coefficient (Wildman–Crippen LogP) is 9.14. The van der Waals surface area contributed by atoms with Crippen LogP contribution in [0.3, 0.4) is 0 Å². The standard InChI is InChI=1S/C30H22Cl3N3O3S2/c31-22-2-1-3-23(32)26(22)27-21(29(41-34-27)15-4-5-15)14-39-18-7-8-19(24(33)11-18)16-12-36(13-16)17-6-9-25-20(10-17)28(30(37)38)35-40-25/h1-3,6-11,15-16H,4-5,12-14H2,(H,37,38). The number of aromatic nitrogens is 2. The minimum atomic E-state index is -1.01. The van der Waals surface area contributed by atoms with E-state index in [-0.39, 0.29) is 11.6 Å². The summed E-state index contributed by atoms with van der Waals surface area (Å²) in [7, 11) is 0. The normalized spacial score (nSPS) is 15.3. The molecular weight excluding hydrogens is 621 g/mol. The summed E-state index contributed by atoms with van der Waals surface area (Å²) in [5.74, 6) is 0.465. The van der Waals surface area contributed by atoms with Crippen molar-refractivity contribution in [2.75, 3.05) is 18.0 Å². The third-order valence-corrected chi connectivity index (χ3v) is 10.5. The summed E-state index contributed by atoms with van der Waals surface area (Å²) in [4.78, 5) is 15.0. The summed E-state index contributed by atoms with van der Waals surface area (Å²) in [5, 5.41) is 11.9. The Bertz CT molecular complexity index is 1790. The number of anilines is 1. The second-order valence-electron chi connectivity index (χ2n) is 10.3. The Hall–Kier alpha value is -2.88. The summed E-state index contributed by atoms with van der Waals surface area (Å²) in [6.07, 6.45) is 2.31. The van der Waals surface area contributed by atoms with E-state index in [0.717, 1.165) is 58.7 Å². The number of carboxylic acid groups (broad SMARTS) is 1. The second-order valence-corrected chi connectivity index (χ2v) is 13.2. The first-order chi connectivity index (χ1) is 19.9. The van der Waals surface area contributed by atoms with Gasteiger partial charge in [-0.2, -0.15) is 8.75 Å². The van der Waals surface area contributed by atoms with Gasteiger partial charge < -0.3 is 14.7 Å². The van der Waals surface area contributed by atoms with Crippen molar-refractivity contribution in [3.8, 4) is 17.0 Å². The molecule has 6 nitrogen and oxygen atoms in total. The molecule has 1 saturated carbocycles. The molecule has 2 aromatic heterocycles. The molecule has 208 valence electrons. The third kappa shape index (κ3) is 5.06. The summed E-state index contributed by atoms with van der Waals surface area (Å²) >= 11 is 22.5. The molecule has 41 heavy (non-hydrogen) atoms. The van der Waals surface area contributed by atoms with E-state index in [9.17, 15) is 9.90 Å². The molecule has 3 aromatic carbocycles. The molecule has 0 spiro atoms. The van der Waals surface area contributed by atoms with Crippen molar-refractivity contribution >= 4 is 79.6 Å². The van der Waals surface area contributed by atoms with Crippen LogP contribution in [0.2, 0.25) is 15.1 Å². The van der Waals surface area contributed by atoms with Gasteiger partial charge in [0.2, 0.25) is 0 Å². The Labute approximate surface area is 259 Å². The van der Waals surface area contributed by atoms with Gasteiger partial charge in [0.15, 0.2) is 5.69 Å². The van der Waals surface area contributed by atoms with E-state index in [0.29, 0.717) is 38.7 Å². The van der Waals surface area contributed by atoms with Crippen LogP contribution in [0.15, 0.2) is 54.6 Å². The fourth-order valence-corrected chi connectivity index (χ4v) is 7.99. The van der Waals surface area contributed by atoms with Crippen molar-refractivity contribution in [2.45, 2.75) is 31.3 Å². The van der Waals surface area contributed by atoms with Crippen LogP contribution in [0.25, 0.3) is 21.3 Å². The third-order valence-electron chi connectivity index (χ3n) is 7.66. The van der Waals surface area contributed by atoms with E-state index < -0.39 is 5.97 Å². The average molecular weight is 643 g/mol. The van der Waals surface area contributed by atoms with Crippen LogP contribution in [0.1, 0.15) is 51.2 Å². The topological polar surface area (TPSA) is 75.5 Å². The van der Waals surface area contributed by atoms with Crippen molar-refractivity contribution in [1.82, 2.24) is 8.75 Å². The van der Waals surface area contributed by atoms with Gasteiger partial charge >= 0.3 is 5.97 Å². The van der Waals surface area contributed by atoms with Gasteiger partial charge in [0.1, 0.15) is 12.4 Å². The first-order valence-electron chi connectivity index (χ1n) is 13.1. The Morgan fingerprint density at radius 2 is 1.73 bits per heavy atom. The summed E-state index contributed by atoms with van der Waals surface area (Å²) in [5.41, 5.74) is 4.72. The van der Waals surface area contributed by atoms with E-state index in [1.54, 1.807) is 0 Å². The molecular formula is C30H22Cl3N3O3S2. The molecule has 7 rings (SSSR count). The number of hydrogen-bond acceptors (Lipinski definition) is 7. The molecule has 0 radical (unpaired) electrons. The highest BCUT2D eigenvalue weighted by Gasteiger charge is 2.32. The maximum absolute atomic E-state index is 11.5. The number of fused-ring (bicyclic) bond motifs is 1. The smallest absolute Gasteiger partial charge is 0.356 e. The van der Waals surface area contributed by atoms with Crippen LogP contribution >= 0.6 is 57.9 Å². The highest BCUT2D eigenvalue weighted by atomic mass is 35.5. The predicted molar refractivity (Wildman–Crippen MR) is 167 cm³/mol. The van der Waals surface area contributed by atoms with Gasteiger partial charge in [0.05, 0.1) is 20.4 Å². The summed E-state index contributed by atoms with van der Waals surface area (Å²) < 4.78 is 16.0. The molecule has 2 fully saturated rings. The van der Waals surface area contributed by atoms with E-state index in [1.165, 1.54) is 27.9 Å². The molecule has 5 aromatic rings. The first kappa shape index (κ1) is 27.0. The zero-order chi connectivity index (χ0) is 28.2. The molecule has 1 saturated heterocycles. The van der Waals surface area contributed by atoms with Crippen LogP contribution in [0, 0.1) is 0 Å². The van der Waals surface area contributed by atoms with Crippen molar-refractivity contribution in [1.29, 1.82) is 0 Å². The van der Waals surface area contributed by atoms with Gasteiger partial charge in [-0.15, -0.1) is 0 Å². The molecule has 1 aliphatic heterocycles. The SMILES string of the molecule is O=C(O)c1nsc2ccc(N3CC(c4ccc(OCc5c(-c6c(Cl)cccc6Cl)nsc5C5CC5)cc4Cl)C3)cc12. The van der Waals surface area contributed by atoms with Gasteiger partial charge in [-0.3, -0.25) is 0 Å². The van der Waals surface area contributed by atoms with E-state index in [1.807, 2.05) is 54.6 Å². The Morgan fingerprint density at radius 3 is 2.44 bits per heavy atom. The Balaban J connectivity index is 1.06. The highest BCUT2D eigenvalue weighted by molar-refractivity contribution is 7.13. The van der Waals surface area contributed by atoms with Crippen LogP contribution in [-0.4, -0.2) is 32.9 Å². The van der Waals surface area contributed by atoms with Gasteiger partial charge in [-0.1, -0.05) is 46.9 Å². The lowest BCUT2D eigenvalue weighted by Crippen LogP contribution is -2.45. The lowest BCUT2D eigenvalue weighted by atomic mass is 9.90. The van der Waals surface area contributed by atoms with Crippen molar-refractivity contribution in [3.05, 3.63) is 91.4 Å². The van der Waals surface area contributed by atoms with Gasteiger partial charge in [0, 0.05) is 51.1 Å². The molecule has 1 aliphatic carbocycles. The maximum Gasteiger partial charge on any atom is 0.356 e. The minimum Gasteiger partial charge on any atom is -0.489 e. The number of hydrogen-bond donors (Lipinski definition) is 1. The number of benzene rings is 3. The number of ether oxygens (including phenoxy) is 1.